The van der Waals surface area contributed by atoms with Gasteiger partial charge in [-0.2, -0.15) is 0 Å². The Morgan fingerprint density at radius 2 is 1.85 bits per heavy atom. The first-order valence-electron chi connectivity index (χ1n) is 8.17. The SMILES string of the molecule is C=C(C)COc1ccc(/C=C(/NC(=O)c2ccccc2)C(=O)O)cc1OC. The highest BCUT2D eigenvalue weighted by Crippen LogP contribution is 2.29. The van der Waals surface area contributed by atoms with Crippen LogP contribution in [-0.2, 0) is 4.79 Å². The van der Waals surface area contributed by atoms with Gasteiger partial charge in [0.15, 0.2) is 11.5 Å². The zero-order chi connectivity index (χ0) is 19.8. The topological polar surface area (TPSA) is 84.9 Å². The lowest BCUT2D eigenvalue weighted by Gasteiger charge is -2.12. The summed E-state index contributed by atoms with van der Waals surface area (Å²) in [7, 11) is 1.49. The fraction of sp³-hybridized carbons (Fsp3) is 0.143. The normalized spacial score (nSPS) is 10.8. The van der Waals surface area contributed by atoms with Gasteiger partial charge in [-0.1, -0.05) is 30.8 Å². The van der Waals surface area contributed by atoms with E-state index < -0.39 is 11.9 Å². The molecule has 0 atom stereocenters. The highest BCUT2D eigenvalue weighted by atomic mass is 16.5. The van der Waals surface area contributed by atoms with Crippen LogP contribution in [0.3, 0.4) is 0 Å². The molecule has 140 valence electrons. The van der Waals surface area contributed by atoms with Crippen LogP contribution in [0.15, 0.2) is 66.4 Å². The molecule has 0 aliphatic rings. The fourth-order valence-electron chi connectivity index (χ4n) is 2.20. The standard InChI is InChI=1S/C21H21NO5/c1-14(2)13-27-18-10-9-15(12-19(18)26-3)11-17(21(24)25)22-20(23)16-7-5-4-6-8-16/h4-12H,1,13H2,2-3H3,(H,22,23)(H,24,25)/b17-11+. The van der Waals surface area contributed by atoms with Crippen LogP contribution in [0.2, 0.25) is 0 Å². The van der Waals surface area contributed by atoms with Gasteiger partial charge < -0.3 is 19.9 Å². The van der Waals surface area contributed by atoms with Gasteiger partial charge in [-0.3, -0.25) is 4.79 Å². The molecule has 0 heterocycles. The van der Waals surface area contributed by atoms with Crippen molar-refractivity contribution in [2.75, 3.05) is 13.7 Å². The van der Waals surface area contributed by atoms with E-state index in [2.05, 4.69) is 11.9 Å². The van der Waals surface area contributed by atoms with Crippen molar-refractivity contribution in [3.05, 3.63) is 77.5 Å². The van der Waals surface area contributed by atoms with E-state index in [4.69, 9.17) is 9.47 Å². The molecule has 2 N–H and O–H groups in total. The zero-order valence-electron chi connectivity index (χ0n) is 15.2. The minimum atomic E-state index is -1.25. The number of rotatable bonds is 8. The molecule has 27 heavy (non-hydrogen) atoms. The first-order valence-corrected chi connectivity index (χ1v) is 8.17. The van der Waals surface area contributed by atoms with Crippen molar-refractivity contribution in [1.82, 2.24) is 5.32 Å². The van der Waals surface area contributed by atoms with Gasteiger partial charge in [-0.15, -0.1) is 0 Å². The lowest BCUT2D eigenvalue weighted by Crippen LogP contribution is -2.27. The molecule has 1 amide bonds. The number of benzene rings is 2. The molecule has 2 rings (SSSR count). The summed E-state index contributed by atoms with van der Waals surface area (Å²) < 4.78 is 10.9. The van der Waals surface area contributed by atoms with Crippen molar-refractivity contribution in [1.29, 1.82) is 0 Å². The Hall–Kier alpha value is -3.54. The number of nitrogens with one attached hydrogen (secondary N) is 1. The molecule has 6 heteroatoms. The second kappa shape index (κ2) is 9.24. The maximum atomic E-state index is 12.2. The highest BCUT2D eigenvalue weighted by molar-refractivity contribution is 6.02. The minimum absolute atomic E-state index is 0.249. The summed E-state index contributed by atoms with van der Waals surface area (Å²) in [6, 6.07) is 13.4. The number of carbonyl (C=O) groups is 2. The van der Waals surface area contributed by atoms with E-state index >= 15 is 0 Å². The summed E-state index contributed by atoms with van der Waals surface area (Å²) >= 11 is 0. The maximum absolute atomic E-state index is 12.2. The lowest BCUT2D eigenvalue weighted by atomic mass is 10.1. The monoisotopic (exact) mass is 367 g/mol. The van der Waals surface area contributed by atoms with Gasteiger partial charge in [0.1, 0.15) is 12.3 Å². The number of carbonyl (C=O) groups excluding carboxylic acids is 1. The summed E-state index contributed by atoms with van der Waals surface area (Å²) in [5.74, 6) is -0.787. The van der Waals surface area contributed by atoms with Gasteiger partial charge >= 0.3 is 5.97 Å². The number of amides is 1. The molecule has 0 saturated carbocycles. The first-order chi connectivity index (χ1) is 12.9. The Morgan fingerprint density at radius 3 is 2.44 bits per heavy atom. The Kier molecular flexibility index (Phi) is 6.77. The summed E-state index contributed by atoms with van der Waals surface area (Å²) in [5, 5.41) is 11.8. The first kappa shape index (κ1) is 19.8. The third-order valence-electron chi connectivity index (χ3n) is 3.49. The van der Waals surface area contributed by atoms with Gasteiger partial charge in [0.2, 0.25) is 0 Å². The van der Waals surface area contributed by atoms with E-state index in [1.807, 2.05) is 6.92 Å². The van der Waals surface area contributed by atoms with Crippen LogP contribution in [0.4, 0.5) is 0 Å². The molecule has 6 nitrogen and oxygen atoms in total. The molecule has 0 bridgehead atoms. The van der Waals surface area contributed by atoms with Gasteiger partial charge in [-0.05, 0) is 48.4 Å². The minimum Gasteiger partial charge on any atom is -0.493 e. The Labute approximate surface area is 157 Å². The summed E-state index contributed by atoms with van der Waals surface area (Å²) in [6.07, 6.45) is 1.36. The molecule has 0 aliphatic carbocycles. The van der Waals surface area contributed by atoms with Crippen LogP contribution in [0.25, 0.3) is 6.08 Å². The molecule has 0 saturated heterocycles. The van der Waals surface area contributed by atoms with Crippen LogP contribution < -0.4 is 14.8 Å². The van der Waals surface area contributed by atoms with Crippen LogP contribution in [0, 0.1) is 0 Å². The van der Waals surface area contributed by atoms with Gasteiger partial charge in [-0.25, -0.2) is 4.79 Å². The van der Waals surface area contributed by atoms with Gasteiger partial charge in [0, 0.05) is 5.56 Å². The molecular formula is C21H21NO5. The van der Waals surface area contributed by atoms with E-state index in [-0.39, 0.29) is 5.70 Å². The van der Waals surface area contributed by atoms with E-state index in [1.165, 1.54) is 13.2 Å². The van der Waals surface area contributed by atoms with Crippen molar-refractivity contribution in [3.8, 4) is 11.5 Å². The number of carboxylic acids is 1. The summed E-state index contributed by atoms with van der Waals surface area (Å²) in [5.41, 5.74) is 1.52. The zero-order valence-corrected chi connectivity index (χ0v) is 15.2. The number of ether oxygens (including phenoxy) is 2. The van der Waals surface area contributed by atoms with Crippen molar-refractivity contribution < 1.29 is 24.2 Å². The predicted octanol–water partition coefficient (Wildman–Crippen LogP) is 3.51. The number of aliphatic carboxylic acids is 1. The predicted molar refractivity (Wildman–Crippen MR) is 103 cm³/mol. The van der Waals surface area contributed by atoms with Crippen LogP contribution >= 0.6 is 0 Å². The molecular weight excluding hydrogens is 346 g/mol. The molecule has 2 aromatic rings. The fourth-order valence-corrected chi connectivity index (χ4v) is 2.20. The molecule has 0 aliphatic heterocycles. The van der Waals surface area contributed by atoms with Crippen molar-refractivity contribution >= 4 is 18.0 Å². The van der Waals surface area contributed by atoms with E-state index in [0.717, 1.165) is 5.57 Å². The average molecular weight is 367 g/mol. The molecule has 0 radical (unpaired) electrons. The number of hydrogen-bond donors (Lipinski definition) is 2. The van der Waals surface area contributed by atoms with Crippen molar-refractivity contribution in [2.45, 2.75) is 6.92 Å². The van der Waals surface area contributed by atoms with Gasteiger partial charge in [0.05, 0.1) is 7.11 Å². The van der Waals surface area contributed by atoms with E-state index in [0.29, 0.717) is 29.2 Å². The number of carboxylic acid groups (broad SMARTS) is 1. The molecule has 2 aromatic carbocycles. The molecule has 0 spiro atoms. The summed E-state index contributed by atoms with van der Waals surface area (Å²) in [4.78, 5) is 23.7. The molecule has 0 fully saturated rings. The number of methoxy groups -OCH3 is 1. The highest BCUT2D eigenvalue weighted by Gasteiger charge is 2.14. The number of hydrogen-bond acceptors (Lipinski definition) is 4. The largest absolute Gasteiger partial charge is 0.493 e. The quantitative estimate of drug-likeness (QED) is 0.551. The molecule has 0 unspecified atom stereocenters. The van der Waals surface area contributed by atoms with E-state index in [9.17, 15) is 14.7 Å². The maximum Gasteiger partial charge on any atom is 0.352 e. The average Bonchev–Trinajstić information content (AvgIpc) is 2.66. The van der Waals surface area contributed by atoms with Crippen molar-refractivity contribution in [2.24, 2.45) is 0 Å². The second-order valence-electron chi connectivity index (χ2n) is 5.84. The van der Waals surface area contributed by atoms with Crippen LogP contribution in [-0.4, -0.2) is 30.7 Å². The smallest absolute Gasteiger partial charge is 0.352 e. The Balaban J connectivity index is 2.25. The van der Waals surface area contributed by atoms with Gasteiger partial charge in [0.25, 0.3) is 5.91 Å². The lowest BCUT2D eigenvalue weighted by molar-refractivity contribution is -0.132. The molecule has 0 aromatic heterocycles. The Bertz CT molecular complexity index is 871. The third kappa shape index (κ3) is 5.74. The Morgan fingerprint density at radius 1 is 1.15 bits per heavy atom. The van der Waals surface area contributed by atoms with Crippen LogP contribution in [0.1, 0.15) is 22.8 Å². The van der Waals surface area contributed by atoms with E-state index in [1.54, 1.807) is 48.5 Å². The summed E-state index contributed by atoms with van der Waals surface area (Å²) in [6.45, 7) is 5.97. The third-order valence-corrected chi connectivity index (χ3v) is 3.49. The van der Waals surface area contributed by atoms with Crippen molar-refractivity contribution in [3.63, 3.8) is 0 Å². The second-order valence-corrected chi connectivity index (χ2v) is 5.84. The van der Waals surface area contributed by atoms with Crippen LogP contribution in [0.5, 0.6) is 11.5 Å².